The van der Waals surface area contributed by atoms with Gasteiger partial charge in [-0.25, -0.2) is 13.9 Å². The molecule has 0 atom stereocenters. The smallest absolute Gasteiger partial charge is 0.261 e. The lowest BCUT2D eigenvalue weighted by Gasteiger charge is -2.32. The highest BCUT2D eigenvalue weighted by Gasteiger charge is 2.22. The van der Waals surface area contributed by atoms with E-state index in [1.54, 1.807) is 9.08 Å². The van der Waals surface area contributed by atoms with Gasteiger partial charge < -0.3 is 9.47 Å². The van der Waals surface area contributed by atoms with E-state index >= 15 is 4.39 Å². The van der Waals surface area contributed by atoms with E-state index in [1.807, 2.05) is 44.4 Å². The molecule has 4 aromatic rings. The second-order valence-corrected chi connectivity index (χ2v) is 8.48. The van der Waals surface area contributed by atoms with E-state index in [9.17, 15) is 4.79 Å². The minimum atomic E-state index is -0.501. The van der Waals surface area contributed by atoms with E-state index in [0.717, 1.165) is 49.4 Å². The number of likely N-dealkylation sites (tertiary alicyclic amines) is 1. The Labute approximate surface area is 179 Å². The minimum Gasteiger partial charge on any atom is -0.312 e. The first kappa shape index (κ1) is 19.9. The van der Waals surface area contributed by atoms with Crippen molar-refractivity contribution in [1.29, 1.82) is 0 Å². The van der Waals surface area contributed by atoms with Crippen molar-refractivity contribution in [3.05, 3.63) is 64.1 Å². The fourth-order valence-corrected chi connectivity index (χ4v) is 4.68. The molecule has 160 valence electrons. The van der Waals surface area contributed by atoms with E-state index < -0.39 is 5.82 Å². The molecule has 3 aromatic heterocycles. The summed E-state index contributed by atoms with van der Waals surface area (Å²) in [6.45, 7) is 8.99. The number of hydrogen-bond donors (Lipinski definition) is 0. The zero-order valence-corrected chi connectivity index (χ0v) is 18.1. The number of piperidine rings is 1. The lowest BCUT2D eigenvalue weighted by Crippen LogP contribution is -2.37. The zero-order valence-electron chi connectivity index (χ0n) is 18.1. The number of aromatic nitrogens is 4. The van der Waals surface area contributed by atoms with E-state index in [1.165, 1.54) is 6.07 Å². The van der Waals surface area contributed by atoms with Crippen LogP contribution in [0.1, 0.15) is 37.1 Å². The molecule has 1 saturated heterocycles. The lowest BCUT2D eigenvalue weighted by atomic mass is 10.0. The number of fused-ring (bicyclic) bond motifs is 2. The van der Waals surface area contributed by atoms with Crippen molar-refractivity contribution in [3.63, 3.8) is 0 Å². The molecule has 0 spiro atoms. The number of aryl methyl sites for hydroxylation is 2. The summed E-state index contributed by atoms with van der Waals surface area (Å²) in [7, 11) is 0. The predicted octanol–water partition coefficient (Wildman–Crippen LogP) is 4.12. The van der Waals surface area contributed by atoms with Crippen LogP contribution in [-0.4, -0.2) is 43.7 Å². The molecule has 7 heteroatoms. The molecular formula is C24H26FN5O. The fraction of sp³-hybridized carbons (Fsp3) is 0.375. The number of halogens is 1. The highest BCUT2D eigenvalue weighted by molar-refractivity contribution is 5.86. The Morgan fingerprint density at radius 2 is 1.94 bits per heavy atom. The van der Waals surface area contributed by atoms with Gasteiger partial charge in [-0.15, -0.1) is 0 Å². The number of benzene rings is 1. The van der Waals surface area contributed by atoms with Crippen molar-refractivity contribution in [2.24, 2.45) is 0 Å². The quantitative estimate of drug-likeness (QED) is 0.501. The standard InChI is InChI=1S/C24H26FN5O/c1-4-28-8-6-19(7-9-28)29-10-5-17-12-18(13-20(25)22(17)24(29)31)21-11-15(2)23-26-16(3)14-30(23)27-21/h5,10-14,19H,4,6-9H2,1-3H3. The van der Waals surface area contributed by atoms with Gasteiger partial charge in [0.25, 0.3) is 5.56 Å². The van der Waals surface area contributed by atoms with Crippen LogP contribution >= 0.6 is 0 Å². The van der Waals surface area contributed by atoms with Crippen LogP contribution < -0.4 is 5.56 Å². The van der Waals surface area contributed by atoms with Gasteiger partial charge in [0, 0.05) is 30.9 Å². The molecule has 4 heterocycles. The average Bonchev–Trinajstić information content (AvgIpc) is 3.14. The Morgan fingerprint density at radius 1 is 1.16 bits per heavy atom. The minimum absolute atomic E-state index is 0.120. The molecule has 0 aliphatic carbocycles. The molecule has 1 aromatic carbocycles. The molecule has 5 rings (SSSR count). The van der Waals surface area contributed by atoms with Crippen molar-refractivity contribution < 1.29 is 4.39 Å². The van der Waals surface area contributed by atoms with Gasteiger partial charge in [-0.05, 0) is 68.4 Å². The van der Waals surface area contributed by atoms with Crippen molar-refractivity contribution in [2.45, 2.75) is 39.7 Å². The SMILES string of the molecule is CCN1CCC(n2ccc3cc(-c4cc(C)c5nc(C)cn5n4)cc(F)c3c2=O)CC1. The van der Waals surface area contributed by atoms with Crippen LogP contribution in [0, 0.1) is 19.7 Å². The normalized spacial score (nSPS) is 15.9. The molecule has 0 bridgehead atoms. The molecule has 6 nitrogen and oxygen atoms in total. The van der Waals surface area contributed by atoms with Crippen molar-refractivity contribution in [2.75, 3.05) is 19.6 Å². The molecular weight excluding hydrogens is 393 g/mol. The van der Waals surface area contributed by atoms with Crippen molar-refractivity contribution in [1.82, 2.24) is 24.1 Å². The van der Waals surface area contributed by atoms with Crippen LogP contribution in [-0.2, 0) is 0 Å². The first-order valence-corrected chi connectivity index (χ1v) is 10.9. The van der Waals surface area contributed by atoms with E-state index in [4.69, 9.17) is 0 Å². The maximum Gasteiger partial charge on any atom is 0.261 e. The van der Waals surface area contributed by atoms with Gasteiger partial charge >= 0.3 is 0 Å². The van der Waals surface area contributed by atoms with Crippen LogP contribution in [0.4, 0.5) is 4.39 Å². The summed E-state index contributed by atoms with van der Waals surface area (Å²) in [4.78, 5) is 20.0. The number of hydrogen-bond acceptors (Lipinski definition) is 4. The molecule has 0 radical (unpaired) electrons. The third-order valence-corrected chi connectivity index (χ3v) is 6.41. The highest BCUT2D eigenvalue weighted by atomic mass is 19.1. The molecule has 0 unspecified atom stereocenters. The third kappa shape index (κ3) is 3.43. The summed E-state index contributed by atoms with van der Waals surface area (Å²) in [5, 5.41) is 5.36. The van der Waals surface area contributed by atoms with Crippen LogP contribution in [0.25, 0.3) is 27.7 Å². The fourth-order valence-electron chi connectivity index (χ4n) is 4.68. The summed E-state index contributed by atoms with van der Waals surface area (Å²) in [5.74, 6) is -0.501. The van der Waals surface area contributed by atoms with Gasteiger partial charge in [0.1, 0.15) is 5.82 Å². The lowest BCUT2D eigenvalue weighted by molar-refractivity contribution is 0.193. The predicted molar refractivity (Wildman–Crippen MR) is 120 cm³/mol. The first-order valence-electron chi connectivity index (χ1n) is 10.9. The van der Waals surface area contributed by atoms with E-state index in [0.29, 0.717) is 16.6 Å². The molecule has 1 fully saturated rings. The number of rotatable bonds is 3. The summed E-state index contributed by atoms with van der Waals surface area (Å²) in [6.07, 6.45) is 5.49. The van der Waals surface area contributed by atoms with Gasteiger partial charge in [-0.1, -0.05) is 6.92 Å². The highest BCUT2D eigenvalue weighted by Crippen LogP contribution is 2.27. The third-order valence-electron chi connectivity index (χ3n) is 6.41. The topological polar surface area (TPSA) is 55.4 Å². The van der Waals surface area contributed by atoms with Gasteiger partial charge in [-0.3, -0.25) is 4.79 Å². The summed E-state index contributed by atoms with van der Waals surface area (Å²) < 4.78 is 18.7. The van der Waals surface area contributed by atoms with Gasteiger partial charge in [0.2, 0.25) is 0 Å². The van der Waals surface area contributed by atoms with Gasteiger partial charge in [0.05, 0.1) is 23.0 Å². The Kier molecular flexibility index (Phi) is 4.85. The maximum atomic E-state index is 15.2. The average molecular weight is 420 g/mol. The van der Waals surface area contributed by atoms with Gasteiger partial charge in [-0.2, -0.15) is 5.10 Å². The van der Waals surface area contributed by atoms with E-state index in [-0.39, 0.29) is 17.0 Å². The second kappa shape index (κ2) is 7.57. The van der Waals surface area contributed by atoms with Crippen molar-refractivity contribution in [3.8, 4) is 11.3 Å². The number of nitrogens with zero attached hydrogens (tertiary/aromatic N) is 5. The summed E-state index contributed by atoms with van der Waals surface area (Å²) in [6, 6.07) is 7.15. The van der Waals surface area contributed by atoms with Crippen LogP contribution in [0.2, 0.25) is 0 Å². The number of imidazole rings is 1. The van der Waals surface area contributed by atoms with E-state index in [2.05, 4.69) is 21.9 Å². The second-order valence-electron chi connectivity index (χ2n) is 8.48. The molecule has 31 heavy (non-hydrogen) atoms. The molecule has 0 N–H and O–H groups in total. The van der Waals surface area contributed by atoms with Gasteiger partial charge in [0.15, 0.2) is 5.65 Å². The summed E-state index contributed by atoms with van der Waals surface area (Å²) in [5.41, 5.74) is 3.69. The zero-order chi connectivity index (χ0) is 21.7. The Balaban J connectivity index is 1.57. The monoisotopic (exact) mass is 419 g/mol. The molecule has 1 aliphatic heterocycles. The Bertz CT molecular complexity index is 1350. The van der Waals surface area contributed by atoms with Crippen LogP contribution in [0.15, 0.2) is 41.5 Å². The Morgan fingerprint density at radius 3 is 2.68 bits per heavy atom. The first-order chi connectivity index (χ1) is 14.9. The maximum absolute atomic E-state index is 15.2. The molecule has 1 aliphatic rings. The summed E-state index contributed by atoms with van der Waals surface area (Å²) >= 11 is 0. The van der Waals surface area contributed by atoms with Crippen LogP contribution in [0.5, 0.6) is 0 Å². The van der Waals surface area contributed by atoms with Crippen molar-refractivity contribution >= 4 is 16.4 Å². The number of pyridine rings is 1. The molecule has 0 saturated carbocycles. The van der Waals surface area contributed by atoms with Crippen LogP contribution in [0.3, 0.4) is 0 Å². The molecule has 0 amide bonds. The largest absolute Gasteiger partial charge is 0.312 e. The Hall–Kier alpha value is -3.06.